The van der Waals surface area contributed by atoms with Gasteiger partial charge in [0.2, 0.25) is 0 Å². The normalized spacial score (nSPS) is 12.3. The van der Waals surface area contributed by atoms with Gasteiger partial charge in [-0.3, -0.25) is 4.98 Å². The van der Waals surface area contributed by atoms with Crippen LogP contribution in [0.1, 0.15) is 11.1 Å². The van der Waals surface area contributed by atoms with Crippen LogP contribution < -0.4 is 0 Å². The minimum Gasteiger partial charge on any atom is -0.254 e. The van der Waals surface area contributed by atoms with Gasteiger partial charge in [-0.05, 0) is 48.0 Å². The Bertz CT molecular complexity index is 1190. The summed E-state index contributed by atoms with van der Waals surface area (Å²) in [4.78, 5) is 8.73. The standard InChI is InChI=1S/C22H12F6N2/c23-21(24,25)15-7-3-13(4-8-15)17-12-19(30-18-2-1-11-29-20(17)18)14-5-9-16(10-6-14)22(26,27)28/h1-12H. The van der Waals surface area contributed by atoms with Crippen molar-refractivity contribution < 1.29 is 26.3 Å². The van der Waals surface area contributed by atoms with E-state index in [2.05, 4.69) is 9.97 Å². The third-order valence-corrected chi connectivity index (χ3v) is 4.59. The number of aromatic nitrogens is 2. The molecule has 0 radical (unpaired) electrons. The molecule has 0 saturated heterocycles. The first-order valence-electron chi connectivity index (χ1n) is 8.74. The van der Waals surface area contributed by atoms with E-state index < -0.39 is 23.5 Å². The Balaban J connectivity index is 1.84. The van der Waals surface area contributed by atoms with E-state index in [4.69, 9.17) is 0 Å². The van der Waals surface area contributed by atoms with Crippen LogP contribution in [0.2, 0.25) is 0 Å². The van der Waals surface area contributed by atoms with Crippen molar-refractivity contribution in [3.05, 3.63) is 84.1 Å². The molecule has 2 heterocycles. The molecule has 0 aliphatic rings. The van der Waals surface area contributed by atoms with Gasteiger partial charge in [0, 0.05) is 17.3 Å². The van der Waals surface area contributed by atoms with E-state index in [1.165, 1.54) is 30.5 Å². The molecule has 0 aliphatic carbocycles. The first kappa shape index (κ1) is 19.9. The third kappa shape index (κ3) is 3.85. The highest BCUT2D eigenvalue weighted by molar-refractivity contribution is 5.93. The van der Waals surface area contributed by atoms with Gasteiger partial charge in [-0.2, -0.15) is 26.3 Å². The Morgan fingerprint density at radius 3 is 1.70 bits per heavy atom. The summed E-state index contributed by atoms with van der Waals surface area (Å²) >= 11 is 0. The van der Waals surface area contributed by atoms with Crippen LogP contribution in [0.15, 0.2) is 72.9 Å². The van der Waals surface area contributed by atoms with Gasteiger partial charge in [-0.25, -0.2) is 4.98 Å². The summed E-state index contributed by atoms with van der Waals surface area (Å²) in [6.07, 6.45) is -7.37. The van der Waals surface area contributed by atoms with E-state index in [0.29, 0.717) is 33.4 Å². The number of halogens is 6. The quantitative estimate of drug-likeness (QED) is 0.328. The SMILES string of the molecule is FC(F)(F)c1ccc(-c2cc(-c3ccc(C(F)(F)F)cc3)c3ncccc3n2)cc1. The average Bonchev–Trinajstić information content (AvgIpc) is 2.72. The van der Waals surface area contributed by atoms with Crippen LogP contribution in [0.4, 0.5) is 26.3 Å². The van der Waals surface area contributed by atoms with Crippen LogP contribution in [0.3, 0.4) is 0 Å². The molecule has 4 aromatic rings. The van der Waals surface area contributed by atoms with Gasteiger partial charge in [0.05, 0.1) is 27.9 Å². The van der Waals surface area contributed by atoms with Crippen LogP contribution in [0, 0.1) is 0 Å². The van der Waals surface area contributed by atoms with E-state index in [9.17, 15) is 26.3 Å². The van der Waals surface area contributed by atoms with Gasteiger partial charge < -0.3 is 0 Å². The molecule has 0 saturated carbocycles. The fourth-order valence-corrected chi connectivity index (χ4v) is 3.10. The van der Waals surface area contributed by atoms with E-state index in [1.807, 2.05) is 0 Å². The Labute approximate surface area is 166 Å². The van der Waals surface area contributed by atoms with Gasteiger partial charge in [-0.1, -0.05) is 24.3 Å². The number of fused-ring (bicyclic) bond motifs is 1. The summed E-state index contributed by atoms with van der Waals surface area (Å²) in [5, 5.41) is 0. The Kier molecular flexibility index (Phi) is 4.72. The zero-order chi connectivity index (χ0) is 21.5. The number of hydrogen-bond donors (Lipinski definition) is 0. The van der Waals surface area contributed by atoms with E-state index in [-0.39, 0.29) is 0 Å². The number of rotatable bonds is 2. The van der Waals surface area contributed by atoms with Crippen molar-refractivity contribution >= 4 is 11.0 Å². The Morgan fingerprint density at radius 2 is 1.17 bits per heavy atom. The molecule has 2 aromatic heterocycles. The van der Waals surface area contributed by atoms with Gasteiger partial charge in [0.25, 0.3) is 0 Å². The lowest BCUT2D eigenvalue weighted by molar-refractivity contribution is -0.138. The lowest BCUT2D eigenvalue weighted by atomic mass is 9.99. The molecule has 152 valence electrons. The van der Waals surface area contributed by atoms with Gasteiger partial charge in [-0.15, -0.1) is 0 Å². The lowest BCUT2D eigenvalue weighted by Gasteiger charge is -2.12. The molecule has 2 nitrogen and oxygen atoms in total. The second-order valence-corrected chi connectivity index (χ2v) is 6.58. The van der Waals surface area contributed by atoms with Crippen molar-refractivity contribution in [2.24, 2.45) is 0 Å². The van der Waals surface area contributed by atoms with Crippen molar-refractivity contribution in [1.82, 2.24) is 9.97 Å². The van der Waals surface area contributed by atoms with E-state index in [0.717, 1.165) is 24.3 Å². The van der Waals surface area contributed by atoms with Crippen molar-refractivity contribution in [2.75, 3.05) is 0 Å². The summed E-state index contributed by atoms with van der Waals surface area (Å²) < 4.78 is 77.1. The van der Waals surface area contributed by atoms with E-state index >= 15 is 0 Å². The van der Waals surface area contributed by atoms with Gasteiger partial charge in [0.1, 0.15) is 0 Å². The molecular weight excluding hydrogens is 406 g/mol. The molecule has 0 bridgehead atoms. The number of nitrogens with zero attached hydrogens (tertiary/aromatic N) is 2. The molecule has 8 heteroatoms. The third-order valence-electron chi connectivity index (χ3n) is 4.59. The molecular formula is C22H12F6N2. The fraction of sp³-hybridized carbons (Fsp3) is 0.0909. The molecule has 0 N–H and O–H groups in total. The molecule has 0 fully saturated rings. The summed E-state index contributed by atoms with van der Waals surface area (Å²) in [5.74, 6) is 0. The van der Waals surface area contributed by atoms with Crippen LogP contribution in [-0.2, 0) is 12.4 Å². The fourth-order valence-electron chi connectivity index (χ4n) is 3.10. The first-order chi connectivity index (χ1) is 14.1. The predicted molar refractivity (Wildman–Crippen MR) is 100 cm³/mol. The summed E-state index contributed by atoms with van der Waals surface area (Å²) in [6, 6.07) is 14.1. The topological polar surface area (TPSA) is 25.8 Å². The number of benzene rings is 2. The summed E-state index contributed by atoms with van der Waals surface area (Å²) in [7, 11) is 0. The van der Waals surface area contributed by atoms with Crippen molar-refractivity contribution in [1.29, 1.82) is 0 Å². The second-order valence-electron chi connectivity index (χ2n) is 6.58. The number of hydrogen-bond acceptors (Lipinski definition) is 2. The molecule has 0 spiro atoms. The maximum Gasteiger partial charge on any atom is 0.416 e. The van der Waals surface area contributed by atoms with Crippen LogP contribution in [0.25, 0.3) is 33.4 Å². The molecule has 0 aliphatic heterocycles. The second kappa shape index (κ2) is 7.12. The zero-order valence-electron chi connectivity index (χ0n) is 15.1. The zero-order valence-corrected chi connectivity index (χ0v) is 15.1. The minimum atomic E-state index is -4.46. The molecule has 0 unspecified atom stereocenters. The summed E-state index contributed by atoms with van der Waals surface area (Å²) in [6.45, 7) is 0. The number of alkyl halides is 6. The average molecular weight is 418 g/mol. The monoisotopic (exact) mass is 418 g/mol. The molecule has 0 amide bonds. The predicted octanol–water partition coefficient (Wildman–Crippen LogP) is 7.00. The minimum absolute atomic E-state index is 0.388. The smallest absolute Gasteiger partial charge is 0.254 e. The highest BCUT2D eigenvalue weighted by Gasteiger charge is 2.31. The molecule has 0 atom stereocenters. The van der Waals surface area contributed by atoms with Crippen molar-refractivity contribution in [3.63, 3.8) is 0 Å². The number of pyridine rings is 2. The van der Waals surface area contributed by atoms with Crippen molar-refractivity contribution in [2.45, 2.75) is 12.4 Å². The van der Waals surface area contributed by atoms with Crippen LogP contribution >= 0.6 is 0 Å². The largest absolute Gasteiger partial charge is 0.416 e. The van der Waals surface area contributed by atoms with E-state index in [1.54, 1.807) is 18.2 Å². The first-order valence-corrected chi connectivity index (χ1v) is 8.74. The highest BCUT2D eigenvalue weighted by Crippen LogP contribution is 2.35. The molecule has 2 aromatic carbocycles. The summed E-state index contributed by atoms with van der Waals surface area (Å²) in [5.41, 5.74) is 1.25. The van der Waals surface area contributed by atoms with Gasteiger partial charge >= 0.3 is 12.4 Å². The lowest BCUT2D eigenvalue weighted by Crippen LogP contribution is -2.04. The van der Waals surface area contributed by atoms with Crippen molar-refractivity contribution in [3.8, 4) is 22.4 Å². The Hall–Kier alpha value is -3.42. The highest BCUT2D eigenvalue weighted by atomic mass is 19.4. The Morgan fingerprint density at radius 1 is 0.633 bits per heavy atom. The molecule has 4 rings (SSSR count). The maximum atomic E-state index is 12.9. The maximum absolute atomic E-state index is 12.9. The molecule has 30 heavy (non-hydrogen) atoms. The van der Waals surface area contributed by atoms with Crippen LogP contribution in [0.5, 0.6) is 0 Å². The van der Waals surface area contributed by atoms with Gasteiger partial charge in [0.15, 0.2) is 0 Å². The van der Waals surface area contributed by atoms with Crippen LogP contribution in [-0.4, -0.2) is 9.97 Å².